The molecule has 2 heterocycles. The zero-order chi connectivity index (χ0) is 18.5. The van der Waals surface area contributed by atoms with Gasteiger partial charge in [-0.3, -0.25) is 9.59 Å². The maximum atomic E-state index is 12.4. The molecule has 26 heavy (non-hydrogen) atoms. The summed E-state index contributed by atoms with van der Waals surface area (Å²) < 4.78 is 5.59. The maximum absolute atomic E-state index is 12.4. The topological polar surface area (TPSA) is 82.8 Å². The smallest absolute Gasteiger partial charge is 0.303 e. The molecular weight excluding hydrogens is 332 g/mol. The molecule has 0 saturated heterocycles. The van der Waals surface area contributed by atoms with Crippen molar-refractivity contribution < 1.29 is 19.1 Å². The van der Waals surface area contributed by atoms with E-state index in [0.717, 1.165) is 6.42 Å². The van der Waals surface area contributed by atoms with E-state index in [1.165, 1.54) is 11.3 Å². The van der Waals surface area contributed by atoms with Crippen LogP contribution in [0.5, 0.6) is 0 Å². The highest BCUT2D eigenvalue weighted by Gasteiger charge is 2.27. The molecule has 0 radical (unpaired) electrons. The van der Waals surface area contributed by atoms with Gasteiger partial charge >= 0.3 is 5.97 Å². The third-order valence-electron chi connectivity index (χ3n) is 4.76. The number of para-hydroxylation sites is 1. The van der Waals surface area contributed by atoms with Crippen molar-refractivity contribution >= 4 is 17.6 Å². The van der Waals surface area contributed by atoms with E-state index >= 15 is 0 Å². The number of carboxylic acid groups (broad SMARTS) is 1. The van der Waals surface area contributed by atoms with Crippen molar-refractivity contribution in [3.63, 3.8) is 0 Å². The minimum absolute atomic E-state index is 0.124. The predicted octanol–water partition coefficient (Wildman–Crippen LogP) is 3.22. The van der Waals surface area contributed by atoms with Gasteiger partial charge in [-0.2, -0.15) is 0 Å². The zero-order valence-corrected chi connectivity index (χ0v) is 14.9. The molecule has 3 rings (SSSR count). The van der Waals surface area contributed by atoms with Gasteiger partial charge in [0.25, 0.3) is 5.91 Å². The number of anilines is 1. The summed E-state index contributed by atoms with van der Waals surface area (Å²) >= 11 is 0. The number of nitrogens with one attached hydrogen (secondary N) is 1. The number of furan rings is 1. The molecule has 6 heteroatoms. The summed E-state index contributed by atoms with van der Waals surface area (Å²) in [5, 5.41) is 11.5. The second-order valence-electron chi connectivity index (χ2n) is 6.67. The van der Waals surface area contributed by atoms with Crippen LogP contribution in [0.2, 0.25) is 0 Å². The molecule has 2 N–H and O–H groups in total. The van der Waals surface area contributed by atoms with Gasteiger partial charge in [-0.15, -0.1) is 0 Å². The Morgan fingerprint density at radius 2 is 2.08 bits per heavy atom. The zero-order valence-electron chi connectivity index (χ0n) is 14.9. The first kappa shape index (κ1) is 18.0. The summed E-state index contributed by atoms with van der Waals surface area (Å²) in [6.45, 7) is 3.18. The highest BCUT2D eigenvalue weighted by atomic mass is 16.4. The molecule has 1 atom stereocenters. The molecule has 1 aliphatic heterocycles. The molecule has 0 aliphatic carbocycles. The van der Waals surface area contributed by atoms with Crippen molar-refractivity contribution in [2.24, 2.45) is 0 Å². The fourth-order valence-electron chi connectivity index (χ4n) is 3.39. The van der Waals surface area contributed by atoms with Crippen LogP contribution >= 0.6 is 0 Å². The number of fused-ring (bicyclic) bond motifs is 1. The molecule has 1 amide bonds. The van der Waals surface area contributed by atoms with Gasteiger partial charge in [0.15, 0.2) is 0 Å². The number of carbonyl (C=O) groups excluding carboxylic acids is 1. The summed E-state index contributed by atoms with van der Waals surface area (Å²) in [6, 6.07) is 10.4. The predicted molar refractivity (Wildman–Crippen MR) is 98.3 cm³/mol. The van der Waals surface area contributed by atoms with Gasteiger partial charge in [0.2, 0.25) is 0 Å². The van der Waals surface area contributed by atoms with E-state index in [0.29, 0.717) is 43.3 Å². The number of hydrogen-bond acceptors (Lipinski definition) is 4. The van der Waals surface area contributed by atoms with Gasteiger partial charge in [-0.25, -0.2) is 0 Å². The Bertz CT molecular complexity index is 784. The molecule has 1 aromatic carbocycles. The molecule has 1 unspecified atom stereocenters. The van der Waals surface area contributed by atoms with Crippen molar-refractivity contribution in [3.05, 3.63) is 53.5 Å². The maximum Gasteiger partial charge on any atom is 0.303 e. The Balaban J connectivity index is 1.60. The monoisotopic (exact) mass is 356 g/mol. The van der Waals surface area contributed by atoms with Gasteiger partial charge < -0.3 is 19.7 Å². The summed E-state index contributed by atoms with van der Waals surface area (Å²) in [4.78, 5) is 25.2. The van der Waals surface area contributed by atoms with Crippen LogP contribution in [-0.2, 0) is 17.8 Å². The minimum atomic E-state index is -0.812. The van der Waals surface area contributed by atoms with Gasteiger partial charge in [0, 0.05) is 24.7 Å². The lowest BCUT2D eigenvalue weighted by Crippen LogP contribution is -2.30. The lowest BCUT2D eigenvalue weighted by molar-refractivity contribution is -0.137. The van der Waals surface area contributed by atoms with E-state index in [-0.39, 0.29) is 12.3 Å². The standard InChI is InChI=1S/C20H24N2O4/c1-14-12-15-6-2-3-7-17(15)22(14)13-18-16(9-11-26-18)20(25)21-10-5-4-8-19(23)24/h2-3,6-7,9,11,14H,4-5,8,10,12-13H2,1H3,(H,21,25)(H,23,24). The number of carbonyl (C=O) groups is 2. The summed E-state index contributed by atoms with van der Waals surface area (Å²) in [6.07, 6.45) is 3.85. The first-order valence-corrected chi connectivity index (χ1v) is 8.97. The highest BCUT2D eigenvalue weighted by Crippen LogP contribution is 2.33. The Labute approximate surface area is 152 Å². The lowest BCUT2D eigenvalue weighted by atomic mass is 10.1. The quantitative estimate of drug-likeness (QED) is 0.710. The molecule has 6 nitrogen and oxygen atoms in total. The normalized spacial score (nSPS) is 15.7. The number of rotatable bonds is 8. The van der Waals surface area contributed by atoms with Crippen LogP contribution in [-0.4, -0.2) is 29.6 Å². The van der Waals surface area contributed by atoms with Crippen LogP contribution in [0.15, 0.2) is 41.0 Å². The first-order valence-electron chi connectivity index (χ1n) is 8.97. The van der Waals surface area contributed by atoms with Crippen molar-refractivity contribution in [1.82, 2.24) is 5.32 Å². The molecule has 138 valence electrons. The van der Waals surface area contributed by atoms with Crippen LogP contribution in [0.4, 0.5) is 5.69 Å². The average Bonchev–Trinajstić information content (AvgIpc) is 3.19. The van der Waals surface area contributed by atoms with E-state index in [2.05, 4.69) is 29.3 Å². The number of benzene rings is 1. The number of unbranched alkanes of at least 4 members (excludes halogenated alkanes) is 1. The van der Waals surface area contributed by atoms with Gasteiger partial charge in [0.1, 0.15) is 5.76 Å². The molecule has 2 aromatic rings. The average molecular weight is 356 g/mol. The van der Waals surface area contributed by atoms with Crippen molar-refractivity contribution in [2.45, 2.75) is 45.2 Å². The van der Waals surface area contributed by atoms with E-state index < -0.39 is 5.97 Å². The molecule has 0 spiro atoms. The largest absolute Gasteiger partial charge is 0.481 e. The molecule has 0 bridgehead atoms. The number of hydrogen-bond donors (Lipinski definition) is 2. The van der Waals surface area contributed by atoms with E-state index in [1.54, 1.807) is 12.3 Å². The SMILES string of the molecule is CC1Cc2ccccc2N1Cc1occc1C(=O)NCCCCC(=O)O. The van der Waals surface area contributed by atoms with E-state index in [9.17, 15) is 9.59 Å². The van der Waals surface area contributed by atoms with Crippen molar-refractivity contribution in [3.8, 4) is 0 Å². The van der Waals surface area contributed by atoms with Crippen molar-refractivity contribution in [2.75, 3.05) is 11.4 Å². The fraction of sp³-hybridized carbons (Fsp3) is 0.400. The third kappa shape index (κ3) is 4.07. The highest BCUT2D eigenvalue weighted by molar-refractivity contribution is 5.95. The molecule has 1 aliphatic rings. The second-order valence-corrected chi connectivity index (χ2v) is 6.67. The van der Waals surface area contributed by atoms with Crippen LogP contribution in [0.3, 0.4) is 0 Å². The second kappa shape index (κ2) is 8.08. The Morgan fingerprint density at radius 1 is 1.27 bits per heavy atom. The lowest BCUT2D eigenvalue weighted by Gasteiger charge is -2.24. The Kier molecular flexibility index (Phi) is 5.61. The number of nitrogens with zero attached hydrogens (tertiary/aromatic N) is 1. The third-order valence-corrected chi connectivity index (χ3v) is 4.76. The van der Waals surface area contributed by atoms with Crippen LogP contribution in [0.1, 0.15) is 47.9 Å². The number of aliphatic carboxylic acids is 1. The van der Waals surface area contributed by atoms with E-state index in [4.69, 9.17) is 9.52 Å². The summed E-state index contributed by atoms with van der Waals surface area (Å²) in [5.74, 6) is -0.339. The molecular formula is C20H24N2O4. The first-order chi connectivity index (χ1) is 12.6. The van der Waals surface area contributed by atoms with Crippen molar-refractivity contribution in [1.29, 1.82) is 0 Å². The Morgan fingerprint density at radius 3 is 2.88 bits per heavy atom. The summed E-state index contributed by atoms with van der Waals surface area (Å²) in [5.41, 5.74) is 3.05. The molecule has 0 fully saturated rings. The van der Waals surface area contributed by atoms with Crippen LogP contribution in [0.25, 0.3) is 0 Å². The van der Waals surface area contributed by atoms with E-state index in [1.807, 2.05) is 12.1 Å². The molecule has 1 aromatic heterocycles. The Hall–Kier alpha value is -2.76. The van der Waals surface area contributed by atoms with Gasteiger partial charge in [-0.1, -0.05) is 18.2 Å². The fourth-order valence-corrected chi connectivity index (χ4v) is 3.39. The van der Waals surface area contributed by atoms with Gasteiger partial charge in [0.05, 0.1) is 18.4 Å². The number of carboxylic acids is 1. The van der Waals surface area contributed by atoms with Gasteiger partial charge in [-0.05, 0) is 43.9 Å². The van der Waals surface area contributed by atoms with Crippen LogP contribution in [0, 0.1) is 0 Å². The summed E-state index contributed by atoms with van der Waals surface area (Å²) in [7, 11) is 0. The molecule has 0 saturated carbocycles. The number of amides is 1. The minimum Gasteiger partial charge on any atom is -0.481 e. The van der Waals surface area contributed by atoms with Crippen LogP contribution < -0.4 is 10.2 Å².